The minimum absolute atomic E-state index is 0.0199. The first-order chi connectivity index (χ1) is 15.1. The van der Waals surface area contributed by atoms with Crippen molar-refractivity contribution in [3.8, 4) is 5.75 Å². The second-order valence-corrected chi connectivity index (χ2v) is 8.23. The molecule has 0 radical (unpaired) electrons. The molecular formula is C23H24N4O3S. The number of methoxy groups -OCH3 is 1. The van der Waals surface area contributed by atoms with Gasteiger partial charge in [-0.25, -0.2) is 0 Å². The Morgan fingerprint density at radius 1 is 1.23 bits per heavy atom. The lowest BCUT2D eigenvalue weighted by Crippen LogP contribution is -2.45. The van der Waals surface area contributed by atoms with Gasteiger partial charge in [0.25, 0.3) is 5.91 Å². The van der Waals surface area contributed by atoms with Gasteiger partial charge in [0.2, 0.25) is 5.91 Å². The van der Waals surface area contributed by atoms with Crippen molar-refractivity contribution in [1.82, 2.24) is 19.8 Å². The normalized spacial score (nSPS) is 14.0. The Balaban J connectivity index is 1.61. The third kappa shape index (κ3) is 4.91. The second-order valence-electron chi connectivity index (χ2n) is 7.62. The lowest BCUT2D eigenvalue weighted by atomic mass is 10.0. The fourth-order valence-electron chi connectivity index (χ4n) is 3.54. The van der Waals surface area contributed by atoms with Gasteiger partial charge in [0.1, 0.15) is 11.8 Å². The maximum Gasteiger partial charge on any atom is 0.276 e. The maximum atomic E-state index is 13.4. The van der Waals surface area contributed by atoms with Crippen molar-refractivity contribution in [2.24, 2.45) is 0 Å². The van der Waals surface area contributed by atoms with E-state index < -0.39 is 6.04 Å². The molecule has 31 heavy (non-hydrogen) atoms. The number of aryl methyl sites for hydroxylation is 1. The highest BCUT2D eigenvalue weighted by molar-refractivity contribution is 7.03. The van der Waals surface area contributed by atoms with E-state index in [2.05, 4.69) is 14.9 Å². The van der Waals surface area contributed by atoms with E-state index in [1.165, 1.54) is 0 Å². The third-order valence-electron chi connectivity index (χ3n) is 5.26. The summed E-state index contributed by atoms with van der Waals surface area (Å²) in [5.41, 5.74) is 3.04. The number of benzene rings is 2. The minimum Gasteiger partial charge on any atom is -0.497 e. The first kappa shape index (κ1) is 21.0. The Hall–Kier alpha value is -3.26. The molecule has 7 nitrogen and oxygen atoms in total. The van der Waals surface area contributed by atoms with Gasteiger partial charge in [0.15, 0.2) is 5.69 Å². The van der Waals surface area contributed by atoms with Gasteiger partial charge < -0.3 is 15.0 Å². The Kier molecular flexibility index (Phi) is 6.27. The highest BCUT2D eigenvalue weighted by Crippen LogP contribution is 2.36. The van der Waals surface area contributed by atoms with Crippen molar-refractivity contribution in [2.75, 3.05) is 7.11 Å². The predicted molar refractivity (Wildman–Crippen MR) is 118 cm³/mol. The van der Waals surface area contributed by atoms with E-state index in [4.69, 9.17) is 4.74 Å². The van der Waals surface area contributed by atoms with Gasteiger partial charge in [-0.2, -0.15) is 0 Å². The van der Waals surface area contributed by atoms with Gasteiger partial charge in [0.05, 0.1) is 7.11 Å². The Morgan fingerprint density at radius 2 is 2.00 bits per heavy atom. The molecule has 0 saturated heterocycles. The first-order valence-electron chi connectivity index (χ1n) is 10.1. The number of carbonyl (C=O) groups excluding carboxylic acids is 2. The number of aromatic nitrogens is 2. The van der Waals surface area contributed by atoms with Crippen LogP contribution in [0.2, 0.25) is 0 Å². The molecule has 4 rings (SSSR count). The van der Waals surface area contributed by atoms with Crippen LogP contribution in [-0.2, 0) is 11.3 Å². The molecule has 8 heteroatoms. The molecule has 0 spiro atoms. The van der Waals surface area contributed by atoms with Crippen LogP contribution in [0.3, 0.4) is 0 Å². The number of carbonyl (C=O) groups is 2. The molecule has 1 atom stereocenters. The summed E-state index contributed by atoms with van der Waals surface area (Å²) in [6.07, 6.45) is 1.74. The Bertz CT molecular complexity index is 1050. The number of ether oxygens (including phenoxy) is 1. The van der Waals surface area contributed by atoms with E-state index >= 15 is 0 Å². The van der Waals surface area contributed by atoms with Crippen LogP contribution in [0, 0.1) is 6.92 Å². The number of rotatable bonds is 8. The lowest BCUT2D eigenvalue weighted by Gasteiger charge is -2.31. The molecule has 1 heterocycles. The quantitative estimate of drug-likeness (QED) is 0.584. The molecule has 1 aromatic heterocycles. The number of nitrogens with one attached hydrogen (secondary N) is 1. The standard InChI is InChI=1S/C23H24N4O3S/c1-15-4-3-5-17(12-15)21(22(28)24-13-16-6-10-19(30-2)11-7-16)27(18-8-9-18)23(29)20-14-31-26-25-20/h3-7,10-12,14,18,21H,8-9,13H2,1-2H3,(H,24,28)/t21-/m0/s1. The van der Waals surface area contributed by atoms with E-state index in [-0.39, 0.29) is 23.6 Å². The van der Waals surface area contributed by atoms with Crippen LogP contribution >= 0.6 is 11.5 Å². The molecular weight excluding hydrogens is 412 g/mol. The maximum absolute atomic E-state index is 13.4. The van der Waals surface area contributed by atoms with Crippen molar-refractivity contribution in [3.05, 3.63) is 76.3 Å². The summed E-state index contributed by atoms with van der Waals surface area (Å²) in [6, 6.07) is 14.6. The molecule has 1 N–H and O–H groups in total. The van der Waals surface area contributed by atoms with Crippen molar-refractivity contribution in [2.45, 2.75) is 38.4 Å². The fraction of sp³-hybridized carbons (Fsp3) is 0.304. The van der Waals surface area contributed by atoms with Crippen LogP contribution in [0.25, 0.3) is 0 Å². The van der Waals surface area contributed by atoms with Crippen LogP contribution in [0.5, 0.6) is 5.75 Å². The summed E-state index contributed by atoms with van der Waals surface area (Å²) >= 11 is 1.13. The third-order valence-corrected chi connectivity index (χ3v) is 5.77. The molecule has 3 aromatic rings. The van der Waals surface area contributed by atoms with Crippen molar-refractivity contribution in [1.29, 1.82) is 0 Å². The Labute approximate surface area is 185 Å². The zero-order chi connectivity index (χ0) is 21.8. The van der Waals surface area contributed by atoms with Crippen LogP contribution in [0.4, 0.5) is 0 Å². The van der Waals surface area contributed by atoms with E-state index in [9.17, 15) is 9.59 Å². The molecule has 2 aromatic carbocycles. The average molecular weight is 437 g/mol. The van der Waals surface area contributed by atoms with Gasteiger partial charge in [0, 0.05) is 18.0 Å². The number of hydrogen-bond acceptors (Lipinski definition) is 6. The molecule has 0 aliphatic heterocycles. The van der Waals surface area contributed by atoms with Crippen molar-refractivity contribution in [3.63, 3.8) is 0 Å². The fourth-order valence-corrected chi connectivity index (χ4v) is 3.97. The number of hydrogen-bond donors (Lipinski definition) is 1. The van der Waals surface area contributed by atoms with Crippen LogP contribution in [0.15, 0.2) is 53.9 Å². The summed E-state index contributed by atoms with van der Waals surface area (Å²) in [4.78, 5) is 28.4. The minimum atomic E-state index is -0.736. The lowest BCUT2D eigenvalue weighted by molar-refractivity contribution is -0.126. The highest BCUT2D eigenvalue weighted by Gasteiger charge is 2.42. The molecule has 1 aliphatic carbocycles. The smallest absolute Gasteiger partial charge is 0.276 e. The van der Waals surface area contributed by atoms with E-state index in [0.717, 1.165) is 46.8 Å². The largest absolute Gasteiger partial charge is 0.497 e. The van der Waals surface area contributed by atoms with Gasteiger partial charge in [-0.05, 0) is 54.6 Å². The summed E-state index contributed by atoms with van der Waals surface area (Å²) in [6.45, 7) is 2.33. The van der Waals surface area contributed by atoms with Crippen LogP contribution in [-0.4, -0.2) is 39.5 Å². The zero-order valence-corrected chi connectivity index (χ0v) is 18.3. The first-order valence-corrected chi connectivity index (χ1v) is 11.0. The van der Waals surface area contributed by atoms with Crippen LogP contribution in [0.1, 0.15) is 46.1 Å². The summed E-state index contributed by atoms with van der Waals surface area (Å²) < 4.78 is 9.01. The van der Waals surface area contributed by atoms with E-state index in [0.29, 0.717) is 6.54 Å². The van der Waals surface area contributed by atoms with Gasteiger partial charge in [-0.3, -0.25) is 9.59 Å². The monoisotopic (exact) mass is 436 g/mol. The van der Waals surface area contributed by atoms with E-state index in [1.54, 1.807) is 17.4 Å². The van der Waals surface area contributed by atoms with Crippen LogP contribution < -0.4 is 10.1 Å². The van der Waals surface area contributed by atoms with Crippen molar-refractivity contribution >= 4 is 23.3 Å². The zero-order valence-electron chi connectivity index (χ0n) is 17.4. The Morgan fingerprint density at radius 3 is 2.61 bits per heavy atom. The highest BCUT2D eigenvalue weighted by atomic mass is 32.1. The number of nitrogens with zero attached hydrogens (tertiary/aromatic N) is 3. The SMILES string of the molecule is COc1ccc(CNC(=O)[C@H](c2cccc(C)c2)N(C(=O)c2csnn2)C2CC2)cc1. The molecule has 0 unspecified atom stereocenters. The molecule has 160 valence electrons. The van der Waals surface area contributed by atoms with E-state index in [1.807, 2.05) is 55.5 Å². The van der Waals surface area contributed by atoms with Gasteiger partial charge in [-0.1, -0.05) is 46.4 Å². The molecule has 2 amide bonds. The molecule has 0 bridgehead atoms. The molecule has 1 aliphatic rings. The van der Waals surface area contributed by atoms with Gasteiger partial charge >= 0.3 is 0 Å². The van der Waals surface area contributed by atoms with Gasteiger partial charge in [-0.15, -0.1) is 5.10 Å². The average Bonchev–Trinajstić information content (AvgIpc) is 3.47. The second kappa shape index (κ2) is 9.26. The topological polar surface area (TPSA) is 84.4 Å². The summed E-state index contributed by atoms with van der Waals surface area (Å²) in [5.74, 6) is 0.280. The molecule has 1 saturated carbocycles. The summed E-state index contributed by atoms with van der Waals surface area (Å²) in [5, 5.41) is 8.58. The van der Waals surface area contributed by atoms with Crippen molar-refractivity contribution < 1.29 is 14.3 Å². The predicted octanol–water partition coefficient (Wildman–Crippen LogP) is 3.52. The summed E-state index contributed by atoms with van der Waals surface area (Å²) in [7, 11) is 1.62. The molecule has 1 fully saturated rings. The number of amides is 2.